The molecular weight excluding hydrogens is 431 g/mol. The first-order chi connectivity index (χ1) is 13.2. The zero-order valence-corrected chi connectivity index (χ0v) is 17.6. The van der Waals surface area contributed by atoms with Crippen LogP contribution < -0.4 is 14.2 Å². The van der Waals surface area contributed by atoms with Gasteiger partial charge in [0.25, 0.3) is 0 Å². The molecule has 150 valence electrons. The SMILES string of the molecule is COc1cc(CCC(=O)O)c(Br)cc1OCc1cc(F)cc2c1OC(C)(C)C2. The molecule has 0 saturated carbocycles. The molecule has 0 aromatic heterocycles. The number of aliphatic carboxylic acids is 1. The topological polar surface area (TPSA) is 65.0 Å². The van der Waals surface area contributed by atoms with E-state index in [1.807, 2.05) is 13.8 Å². The Balaban J connectivity index is 1.82. The van der Waals surface area contributed by atoms with Crippen LogP contribution in [0.5, 0.6) is 17.2 Å². The third kappa shape index (κ3) is 4.58. The Kier molecular flexibility index (Phi) is 5.84. The van der Waals surface area contributed by atoms with Crippen LogP contribution in [-0.2, 0) is 24.2 Å². The van der Waals surface area contributed by atoms with Gasteiger partial charge in [0.1, 0.15) is 23.8 Å². The van der Waals surface area contributed by atoms with Crippen LogP contribution in [0.25, 0.3) is 0 Å². The zero-order valence-electron chi connectivity index (χ0n) is 16.0. The van der Waals surface area contributed by atoms with Gasteiger partial charge >= 0.3 is 5.97 Å². The van der Waals surface area contributed by atoms with E-state index in [9.17, 15) is 9.18 Å². The highest BCUT2D eigenvalue weighted by Gasteiger charge is 2.32. The van der Waals surface area contributed by atoms with Crippen molar-refractivity contribution in [3.63, 3.8) is 0 Å². The predicted octanol–water partition coefficient (Wildman–Crippen LogP) is 4.91. The number of carboxylic acids is 1. The predicted molar refractivity (Wildman–Crippen MR) is 106 cm³/mol. The molecule has 0 radical (unpaired) electrons. The van der Waals surface area contributed by atoms with Crippen molar-refractivity contribution in [1.29, 1.82) is 0 Å². The number of benzene rings is 2. The summed E-state index contributed by atoms with van der Waals surface area (Å²) in [6.45, 7) is 4.05. The highest BCUT2D eigenvalue weighted by atomic mass is 79.9. The number of methoxy groups -OCH3 is 1. The van der Waals surface area contributed by atoms with Gasteiger partial charge in [-0.1, -0.05) is 15.9 Å². The van der Waals surface area contributed by atoms with Crippen molar-refractivity contribution in [1.82, 2.24) is 0 Å². The van der Waals surface area contributed by atoms with Gasteiger partial charge in [-0.3, -0.25) is 4.79 Å². The number of halogens is 2. The molecule has 0 amide bonds. The second-order valence-corrected chi connectivity index (χ2v) is 8.22. The summed E-state index contributed by atoms with van der Waals surface area (Å²) in [6.07, 6.45) is 1.03. The van der Waals surface area contributed by atoms with Crippen molar-refractivity contribution >= 4 is 21.9 Å². The number of fused-ring (bicyclic) bond motifs is 1. The Morgan fingerprint density at radius 1 is 1.25 bits per heavy atom. The van der Waals surface area contributed by atoms with Crippen molar-refractivity contribution in [3.05, 3.63) is 51.2 Å². The molecule has 1 aliphatic heterocycles. The zero-order chi connectivity index (χ0) is 20.5. The standard InChI is InChI=1S/C21H22BrFO5/c1-21(2)10-13-6-15(23)7-14(20(13)28-21)11-27-18-9-16(22)12(4-5-19(24)25)8-17(18)26-3/h6-9H,4-5,10-11H2,1-3H3,(H,24,25). The van der Waals surface area contributed by atoms with Crippen LogP contribution in [0.1, 0.15) is 37.0 Å². The summed E-state index contributed by atoms with van der Waals surface area (Å²) in [5.74, 6) is 0.439. The number of aryl methyl sites for hydroxylation is 1. The Hall–Kier alpha value is -2.28. The molecule has 2 aromatic rings. The maximum absolute atomic E-state index is 14.0. The molecule has 1 aliphatic rings. The lowest BCUT2D eigenvalue weighted by molar-refractivity contribution is -0.136. The Bertz CT molecular complexity index is 910. The minimum absolute atomic E-state index is 0.0184. The maximum Gasteiger partial charge on any atom is 0.303 e. The highest BCUT2D eigenvalue weighted by molar-refractivity contribution is 9.10. The lowest BCUT2D eigenvalue weighted by Gasteiger charge is -2.19. The van der Waals surface area contributed by atoms with E-state index in [1.165, 1.54) is 19.2 Å². The van der Waals surface area contributed by atoms with E-state index in [1.54, 1.807) is 12.1 Å². The van der Waals surface area contributed by atoms with Gasteiger partial charge in [0.15, 0.2) is 11.5 Å². The van der Waals surface area contributed by atoms with Crippen LogP contribution in [0.3, 0.4) is 0 Å². The minimum Gasteiger partial charge on any atom is -0.493 e. The molecule has 3 rings (SSSR count). The second-order valence-electron chi connectivity index (χ2n) is 7.37. The van der Waals surface area contributed by atoms with Gasteiger partial charge in [0, 0.05) is 28.4 Å². The van der Waals surface area contributed by atoms with E-state index in [2.05, 4.69) is 15.9 Å². The van der Waals surface area contributed by atoms with Gasteiger partial charge in [-0.15, -0.1) is 0 Å². The molecule has 0 fully saturated rings. The summed E-state index contributed by atoms with van der Waals surface area (Å²) in [4.78, 5) is 10.8. The fraction of sp³-hybridized carbons (Fsp3) is 0.381. The first kappa shape index (κ1) is 20.5. The van der Waals surface area contributed by atoms with Crippen molar-refractivity contribution in [2.45, 2.75) is 45.3 Å². The molecule has 0 aliphatic carbocycles. The lowest BCUT2D eigenvalue weighted by Crippen LogP contribution is -2.25. The first-order valence-corrected chi connectivity index (χ1v) is 9.69. The molecule has 0 unspecified atom stereocenters. The van der Waals surface area contributed by atoms with Crippen LogP contribution >= 0.6 is 15.9 Å². The maximum atomic E-state index is 14.0. The smallest absolute Gasteiger partial charge is 0.303 e. The third-order valence-electron chi connectivity index (χ3n) is 4.53. The summed E-state index contributed by atoms with van der Waals surface area (Å²) in [7, 11) is 1.52. The first-order valence-electron chi connectivity index (χ1n) is 8.90. The average Bonchev–Trinajstić information content (AvgIpc) is 2.92. The Morgan fingerprint density at radius 3 is 2.68 bits per heavy atom. The molecule has 1 N–H and O–H groups in total. The molecule has 0 spiro atoms. The number of hydrogen-bond donors (Lipinski definition) is 1. The fourth-order valence-electron chi connectivity index (χ4n) is 3.29. The minimum atomic E-state index is -0.867. The summed E-state index contributed by atoms with van der Waals surface area (Å²) in [5.41, 5.74) is 1.90. The van der Waals surface area contributed by atoms with Crippen LogP contribution in [0.15, 0.2) is 28.7 Å². The molecule has 0 atom stereocenters. The second kappa shape index (κ2) is 7.99. The van der Waals surface area contributed by atoms with Crippen molar-refractivity contribution in [3.8, 4) is 17.2 Å². The summed E-state index contributed by atoms with van der Waals surface area (Å²) in [6, 6.07) is 6.41. The van der Waals surface area contributed by atoms with E-state index < -0.39 is 5.97 Å². The van der Waals surface area contributed by atoms with Gasteiger partial charge < -0.3 is 19.3 Å². The van der Waals surface area contributed by atoms with Crippen LogP contribution in [-0.4, -0.2) is 23.8 Å². The van der Waals surface area contributed by atoms with Crippen LogP contribution in [0.2, 0.25) is 0 Å². The lowest BCUT2D eigenvalue weighted by atomic mass is 10.0. The highest BCUT2D eigenvalue weighted by Crippen LogP contribution is 2.40. The van der Waals surface area contributed by atoms with E-state index in [0.29, 0.717) is 35.7 Å². The number of carboxylic acid groups (broad SMARTS) is 1. The van der Waals surface area contributed by atoms with Gasteiger partial charge in [-0.05, 0) is 50.1 Å². The third-order valence-corrected chi connectivity index (χ3v) is 5.26. The Labute approximate surface area is 171 Å². The van der Waals surface area contributed by atoms with E-state index in [0.717, 1.165) is 15.6 Å². The molecule has 1 heterocycles. The van der Waals surface area contributed by atoms with Gasteiger partial charge in [0.2, 0.25) is 0 Å². The van der Waals surface area contributed by atoms with Crippen molar-refractivity contribution < 1.29 is 28.5 Å². The summed E-state index contributed by atoms with van der Waals surface area (Å²) in [5, 5.41) is 8.88. The molecule has 2 aromatic carbocycles. The van der Waals surface area contributed by atoms with Crippen LogP contribution in [0.4, 0.5) is 4.39 Å². The molecule has 0 saturated heterocycles. The van der Waals surface area contributed by atoms with E-state index in [4.69, 9.17) is 19.3 Å². The molecule has 28 heavy (non-hydrogen) atoms. The van der Waals surface area contributed by atoms with Crippen molar-refractivity contribution in [2.24, 2.45) is 0 Å². The molecule has 5 nitrogen and oxygen atoms in total. The molecule has 7 heteroatoms. The Morgan fingerprint density at radius 2 is 2.00 bits per heavy atom. The van der Waals surface area contributed by atoms with E-state index >= 15 is 0 Å². The number of carbonyl (C=O) groups is 1. The number of rotatable bonds is 7. The van der Waals surface area contributed by atoms with Gasteiger partial charge in [0.05, 0.1) is 7.11 Å². The number of hydrogen-bond acceptors (Lipinski definition) is 4. The quantitative estimate of drug-likeness (QED) is 0.646. The largest absolute Gasteiger partial charge is 0.493 e. The van der Waals surface area contributed by atoms with Crippen LogP contribution in [0, 0.1) is 5.82 Å². The normalized spacial score (nSPS) is 14.3. The molecule has 0 bridgehead atoms. The van der Waals surface area contributed by atoms with Crippen molar-refractivity contribution in [2.75, 3.05) is 7.11 Å². The van der Waals surface area contributed by atoms with E-state index in [-0.39, 0.29) is 24.4 Å². The fourth-order valence-corrected chi connectivity index (χ4v) is 3.81. The monoisotopic (exact) mass is 452 g/mol. The number of ether oxygens (including phenoxy) is 3. The average molecular weight is 453 g/mol. The summed E-state index contributed by atoms with van der Waals surface area (Å²) < 4.78 is 32.0. The summed E-state index contributed by atoms with van der Waals surface area (Å²) >= 11 is 3.45. The molecular formula is C21H22BrFO5. The van der Waals surface area contributed by atoms with Gasteiger partial charge in [-0.25, -0.2) is 4.39 Å². The van der Waals surface area contributed by atoms with Gasteiger partial charge in [-0.2, -0.15) is 0 Å².